The van der Waals surface area contributed by atoms with Crippen molar-refractivity contribution in [3.8, 4) is 11.5 Å². The van der Waals surface area contributed by atoms with Gasteiger partial charge in [0.25, 0.3) is 0 Å². The Kier molecular flexibility index (Phi) is 5.99. The van der Waals surface area contributed by atoms with Gasteiger partial charge in [-0.3, -0.25) is 0 Å². The molecule has 0 aromatic heterocycles. The van der Waals surface area contributed by atoms with Crippen LogP contribution < -0.4 is 0 Å². The molecule has 0 fully saturated rings. The summed E-state index contributed by atoms with van der Waals surface area (Å²) in [5, 5.41) is 24.9. The van der Waals surface area contributed by atoms with Crippen molar-refractivity contribution in [1.29, 1.82) is 0 Å². The van der Waals surface area contributed by atoms with E-state index in [-0.39, 0.29) is 0 Å². The molecule has 5 aromatic carbocycles. The molecule has 0 saturated carbocycles. The number of hydrogen-bond donors (Lipinski definition) is 2. The summed E-state index contributed by atoms with van der Waals surface area (Å²) in [5.41, 5.74) is 4.98. The van der Waals surface area contributed by atoms with Gasteiger partial charge in [0, 0.05) is 0 Å². The van der Waals surface area contributed by atoms with E-state index in [1.54, 1.807) is 12.1 Å². The third-order valence-electron chi connectivity index (χ3n) is 5.94. The zero-order chi connectivity index (χ0) is 22.2. The number of benzene rings is 5. The Morgan fingerprint density at radius 1 is 0.500 bits per heavy atom. The monoisotopic (exact) mass is 642 g/mol. The average Bonchev–Trinajstić information content (AvgIpc) is 2.80. The fraction of sp³-hybridized carbons (Fsp3) is 0.0714. The minimum absolute atomic E-state index is 0.322. The Balaban J connectivity index is 1.73. The summed E-state index contributed by atoms with van der Waals surface area (Å²) in [4.78, 5) is 0. The maximum atomic E-state index is 9.94. The second kappa shape index (κ2) is 8.90. The first kappa shape index (κ1) is 21.5. The van der Waals surface area contributed by atoms with E-state index in [9.17, 15) is 10.2 Å². The van der Waals surface area contributed by atoms with Crippen LogP contribution in [0.3, 0.4) is 0 Å². The Bertz CT molecular complexity index is 1310. The summed E-state index contributed by atoms with van der Waals surface area (Å²) in [6.07, 6.45) is 1.60. The van der Waals surface area contributed by atoms with Gasteiger partial charge in [0.1, 0.15) is 11.5 Å². The highest BCUT2D eigenvalue weighted by Gasteiger charge is 2.15. The lowest BCUT2D eigenvalue weighted by molar-refractivity contribution is 0.470. The Morgan fingerprint density at radius 3 is 1.16 bits per heavy atom. The van der Waals surface area contributed by atoms with Crippen molar-refractivity contribution in [2.45, 2.75) is 12.8 Å². The number of hydrogen-bond acceptors (Lipinski definition) is 2. The second-order valence-electron chi connectivity index (χ2n) is 7.97. The molecule has 158 valence electrons. The van der Waals surface area contributed by atoms with Crippen LogP contribution in [-0.2, 0) is 12.8 Å². The molecule has 4 heteroatoms. The summed E-state index contributed by atoms with van der Waals surface area (Å²) in [7, 11) is 0. The maximum Gasteiger partial charge on any atom is 0.128 e. The summed E-state index contributed by atoms with van der Waals surface area (Å²) in [5.74, 6) is 0.644. The summed E-state index contributed by atoms with van der Waals surface area (Å²) in [6, 6.07) is 29.0. The number of rotatable bonds is 4. The van der Waals surface area contributed by atoms with Crippen molar-refractivity contribution in [1.82, 2.24) is 0 Å². The highest BCUT2D eigenvalue weighted by molar-refractivity contribution is 14.1. The summed E-state index contributed by atoms with van der Waals surface area (Å²) < 4.78 is 1.74. The lowest BCUT2D eigenvalue weighted by atomic mass is 9.86. The predicted octanol–water partition coefficient (Wildman–Crippen LogP) is 7.80. The fourth-order valence-corrected chi connectivity index (χ4v) is 5.58. The van der Waals surface area contributed by atoms with Gasteiger partial charge >= 0.3 is 0 Å². The van der Waals surface area contributed by atoms with Gasteiger partial charge in [-0.2, -0.15) is 0 Å². The highest BCUT2D eigenvalue weighted by Crippen LogP contribution is 2.36. The van der Waals surface area contributed by atoms with Crippen LogP contribution in [0.1, 0.15) is 22.3 Å². The normalized spacial score (nSPS) is 11.3. The first-order valence-corrected chi connectivity index (χ1v) is 12.5. The Hall–Kier alpha value is -2.32. The number of aromatic hydroxyl groups is 2. The standard InChI is InChI=1S/C28H20I2O2/c29-25-15-17(9-11-27(25)31)13-23-19-5-1-2-6-20(19)24(22-8-4-3-7-21(22)23)14-18-10-12-28(32)26(30)16-18/h1-12,15-16,31-32H,13-14H2. The van der Waals surface area contributed by atoms with Crippen molar-refractivity contribution >= 4 is 66.7 Å². The average molecular weight is 642 g/mol. The van der Waals surface area contributed by atoms with Gasteiger partial charge in [0.15, 0.2) is 0 Å². The van der Waals surface area contributed by atoms with Crippen LogP contribution in [0.25, 0.3) is 21.5 Å². The third kappa shape index (κ3) is 4.06. The van der Waals surface area contributed by atoms with E-state index < -0.39 is 0 Å². The minimum Gasteiger partial charge on any atom is -0.507 e. The van der Waals surface area contributed by atoms with Crippen molar-refractivity contribution in [3.63, 3.8) is 0 Å². The van der Waals surface area contributed by atoms with Gasteiger partial charge in [-0.25, -0.2) is 0 Å². The van der Waals surface area contributed by atoms with Crippen LogP contribution in [0.4, 0.5) is 0 Å². The molecule has 0 aliphatic carbocycles. The third-order valence-corrected chi connectivity index (χ3v) is 7.67. The highest BCUT2D eigenvalue weighted by atomic mass is 127. The molecule has 0 aliphatic rings. The molecule has 32 heavy (non-hydrogen) atoms. The van der Waals surface area contributed by atoms with Crippen LogP contribution in [-0.4, -0.2) is 10.2 Å². The van der Waals surface area contributed by atoms with Gasteiger partial charge < -0.3 is 10.2 Å². The quantitative estimate of drug-likeness (QED) is 0.155. The van der Waals surface area contributed by atoms with Crippen LogP contribution >= 0.6 is 45.2 Å². The van der Waals surface area contributed by atoms with E-state index in [0.717, 1.165) is 20.0 Å². The molecule has 2 nitrogen and oxygen atoms in total. The molecule has 0 aliphatic heterocycles. The molecule has 0 amide bonds. The lowest BCUT2D eigenvalue weighted by Crippen LogP contribution is -1.99. The van der Waals surface area contributed by atoms with Gasteiger partial charge in [0.2, 0.25) is 0 Å². The second-order valence-corrected chi connectivity index (χ2v) is 10.3. The first-order valence-electron chi connectivity index (χ1n) is 10.4. The van der Waals surface area contributed by atoms with Crippen molar-refractivity contribution in [2.24, 2.45) is 0 Å². The minimum atomic E-state index is 0.322. The first-order chi connectivity index (χ1) is 15.5. The zero-order valence-electron chi connectivity index (χ0n) is 17.1. The molecular formula is C28H20I2O2. The predicted molar refractivity (Wildman–Crippen MR) is 149 cm³/mol. The number of fused-ring (bicyclic) bond motifs is 2. The van der Waals surface area contributed by atoms with Crippen molar-refractivity contribution in [3.05, 3.63) is 114 Å². The van der Waals surface area contributed by atoms with Crippen LogP contribution in [0, 0.1) is 7.14 Å². The molecule has 2 N–H and O–H groups in total. The van der Waals surface area contributed by atoms with E-state index in [1.807, 2.05) is 12.1 Å². The lowest BCUT2D eigenvalue weighted by Gasteiger charge is -2.18. The topological polar surface area (TPSA) is 40.5 Å². The largest absolute Gasteiger partial charge is 0.507 e. The van der Waals surface area contributed by atoms with Crippen LogP contribution in [0.5, 0.6) is 11.5 Å². The number of halogens is 2. The van der Waals surface area contributed by atoms with Gasteiger partial charge in [-0.1, -0.05) is 60.7 Å². The molecule has 0 saturated heterocycles. The molecule has 5 rings (SSSR count). The smallest absolute Gasteiger partial charge is 0.128 e. The summed E-state index contributed by atoms with van der Waals surface area (Å²) >= 11 is 4.37. The van der Waals surface area contributed by atoms with Gasteiger partial charge in [0.05, 0.1) is 7.14 Å². The fourth-order valence-electron chi connectivity index (χ4n) is 4.42. The Labute approximate surface area is 214 Å². The molecule has 0 bridgehead atoms. The molecule has 0 unspecified atom stereocenters. The van der Waals surface area contributed by atoms with E-state index >= 15 is 0 Å². The number of phenols is 2. The summed E-state index contributed by atoms with van der Waals surface area (Å²) in [6.45, 7) is 0. The molecular weight excluding hydrogens is 622 g/mol. The molecule has 0 atom stereocenters. The van der Waals surface area contributed by atoms with Crippen molar-refractivity contribution < 1.29 is 10.2 Å². The van der Waals surface area contributed by atoms with E-state index in [1.165, 1.54) is 43.8 Å². The molecule has 5 aromatic rings. The SMILES string of the molecule is Oc1ccc(Cc2c3ccccc3c(Cc3ccc(O)c(I)c3)c3ccccc23)cc1I. The zero-order valence-corrected chi connectivity index (χ0v) is 21.5. The van der Waals surface area contributed by atoms with Gasteiger partial charge in [-0.05, 0) is 126 Å². The Morgan fingerprint density at radius 2 is 0.844 bits per heavy atom. The van der Waals surface area contributed by atoms with Crippen LogP contribution in [0.15, 0.2) is 84.9 Å². The van der Waals surface area contributed by atoms with E-state index in [4.69, 9.17) is 0 Å². The molecule has 0 spiro atoms. The van der Waals surface area contributed by atoms with E-state index in [2.05, 4.69) is 106 Å². The maximum absolute atomic E-state index is 9.94. The number of phenolic OH excluding ortho intramolecular Hbond substituents is 2. The molecule has 0 radical (unpaired) electrons. The van der Waals surface area contributed by atoms with Crippen LogP contribution in [0.2, 0.25) is 0 Å². The van der Waals surface area contributed by atoms with E-state index in [0.29, 0.717) is 11.5 Å². The van der Waals surface area contributed by atoms with Gasteiger partial charge in [-0.15, -0.1) is 0 Å². The molecule has 0 heterocycles. The van der Waals surface area contributed by atoms with Crippen molar-refractivity contribution in [2.75, 3.05) is 0 Å².